The second kappa shape index (κ2) is 3.86. The third kappa shape index (κ3) is 2.00. The highest BCUT2D eigenvalue weighted by molar-refractivity contribution is 8.22. The summed E-state index contributed by atoms with van der Waals surface area (Å²) in [6.45, 7) is 0.0563. The summed E-state index contributed by atoms with van der Waals surface area (Å²) in [6.07, 6.45) is 0. The summed E-state index contributed by atoms with van der Waals surface area (Å²) >= 11 is 0.940. The number of benzene rings is 1. The van der Waals surface area contributed by atoms with Crippen molar-refractivity contribution in [2.75, 3.05) is 6.61 Å². The molecule has 0 bridgehead atoms. The Morgan fingerprint density at radius 1 is 1.33 bits per heavy atom. The van der Waals surface area contributed by atoms with E-state index in [-0.39, 0.29) is 16.7 Å². The fourth-order valence-electron chi connectivity index (χ4n) is 1.25. The molecule has 6 heteroatoms. The summed E-state index contributed by atoms with van der Waals surface area (Å²) in [6, 6.07) is 8.23. The van der Waals surface area contributed by atoms with Gasteiger partial charge in [0.15, 0.2) is 14.4 Å². The molecule has 80 valence electrons. The minimum atomic E-state index is -3.37. The van der Waals surface area contributed by atoms with Crippen LogP contribution in [0.1, 0.15) is 0 Å². The molecule has 1 heterocycles. The summed E-state index contributed by atoms with van der Waals surface area (Å²) < 4.78 is 28.1. The monoisotopic (exact) mass is 243 g/mol. The lowest BCUT2D eigenvalue weighted by Gasteiger charge is -2.07. The molecule has 1 N–H and O–H groups in total. The highest BCUT2D eigenvalue weighted by Crippen LogP contribution is 2.30. The molecule has 0 saturated carbocycles. The SMILES string of the molecule is N=C1OCC(S(=O)(=O)c2ccccc2)S1. The lowest BCUT2D eigenvalue weighted by Crippen LogP contribution is -2.18. The van der Waals surface area contributed by atoms with E-state index in [9.17, 15) is 8.42 Å². The fraction of sp³-hybridized carbons (Fsp3) is 0.222. The van der Waals surface area contributed by atoms with Gasteiger partial charge < -0.3 is 4.74 Å². The van der Waals surface area contributed by atoms with Crippen molar-refractivity contribution in [3.8, 4) is 0 Å². The zero-order valence-corrected chi connectivity index (χ0v) is 9.35. The molecule has 0 amide bonds. The molecule has 4 nitrogen and oxygen atoms in total. The molecule has 1 fully saturated rings. The average Bonchev–Trinajstić information content (AvgIpc) is 2.67. The molecule has 1 atom stereocenters. The van der Waals surface area contributed by atoms with Crippen LogP contribution in [0, 0.1) is 5.41 Å². The van der Waals surface area contributed by atoms with Crippen LogP contribution in [0.3, 0.4) is 0 Å². The molecule has 15 heavy (non-hydrogen) atoms. The normalized spacial score (nSPS) is 21.3. The molecule has 0 aromatic heterocycles. The van der Waals surface area contributed by atoms with Crippen molar-refractivity contribution in [3.05, 3.63) is 30.3 Å². The lowest BCUT2D eigenvalue weighted by molar-refractivity contribution is 0.341. The van der Waals surface area contributed by atoms with Crippen LogP contribution < -0.4 is 0 Å². The molecule has 0 aliphatic carbocycles. The van der Waals surface area contributed by atoms with Crippen LogP contribution in [0.4, 0.5) is 0 Å². The van der Waals surface area contributed by atoms with Crippen LogP contribution in [-0.4, -0.2) is 24.8 Å². The number of nitrogens with one attached hydrogen (secondary N) is 1. The minimum Gasteiger partial charge on any atom is -0.471 e. The Morgan fingerprint density at radius 3 is 2.53 bits per heavy atom. The predicted octanol–water partition coefficient (Wildman–Crippen LogP) is 1.48. The first kappa shape index (κ1) is 10.5. The van der Waals surface area contributed by atoms with E-state index in [0.717, 1.165) is 11.8 Å². The Balaban J connectivity index is 2.32. The molecule has 1 saturated heterocycles. The van der Waals surface area contributed by atoms with Crippen molar-refractivity contribution in [2.45, 2.75) is 9.48 Å². The Morgan fingerprint density at radius 2 is 2.00 bits per heavy atom. The van der Waals surface area contributed by atoms with Gasteiger partial charge in [0.25, 0.3) is 0 Å². The molecule has 1 unspecified atom stereocenters. The first-order valence-electron chi connectivity index (χ1n) is 4.27. The molecule has 2 rings (SSSR count). The second-order valence-electron chi connectivity index (χ2n) is 3.00. The number of rotatable bonds is 2. The fourth-order valence-corrected chi connectivity index (χ4v) is 3.95. The van der Waals surface area contributed by atoms with E-state index in [1.165, 1.54) is 0 Å². The highest BCUT2D eigenvalue weighted by atomic mass is 32.3. The molecule has 1 aliphatic rings. The number of thioether (sulfide) groups is 1. The summed E-state index contributed by atoms with van der Waals surface area (Å²) in [4.78, 5) is 0.279. The molecule has 0 spiro atoms. The van der Waals surface area contributed by atoms with Crippen LogP contribution >= 0.6 is 11.8 Å². The maximum Gasteiger partial charge on any atom is 0.244 e. The van der Waals surface area contributed by atoms with Crippen LogP contribution in [0.5, 0.6) is 0 Å². The van der Waals surface area contributed by atoms with Crippen LogP contribution in [-0.2, 0) is 14.6 Å². The minimum absolute atomic E-state index is 0.0282. The van der Waals surface area contributed by atoms with Crippen LogP contribution in [0.15, 0.2) is 35.2 Å². The van der Waals surface area contributed by atoms with Gasteiger partial charge >= 0.3 is 0 Å². The average molecular weight is 243 g/mol. The highest BCUT2D eigenvalue weighted by Gasteiger charge is 2.35. The van der Waals surface area contributed by atoms with Gasteiger partial charge in [-0.25, -0.2) is 8.42 Å². The number of sulfone groups is 1. The smallest absolute Gasteiger partial charge is 0.244 e. The first-order valence-corrected chi connectivity index (χ1v) is 6.70. The maximum atomic E-state index is 12.0. The molecule has 0 radical (unpaired) electrons. The Bertz CT molecular complexity index is 469. The van der Waals surface area contributed by atoms with E-state index in [0.29, 0.717) is 0 Å². The molecular weight excluding hydrogens is 234 g/mol. The zero-order valence-electron chi connectivity index (χ0n) is 7.71. The van der Waals surface area contributed by atoms with Gasteiger partial charge in [0.05, 0.1) is 4.90 Å². The van der Waals surface area contributed by atoms with Gasteiger partial charge in [0.1, 0.15) is 6.61 Å². The Kier molecular flexibility index (Phi) is 2.70. The van der Waals surface area contributed by atoms with E-state index < -0.39 is 14.4 Å². The second-order valence-corrected chi connectivity index (χ2v) is 6.61. The van der Waals surface area contributed by atoms with Crippen LogP contribution in [0.25, 0.3) is 0 Å². The van der Waals surface area contributed by atoms with Crippen molar-refractivity contribution in [2.24, 2.45) is 0 Å². The van der Waals surface area contributed by atoms with E-state index in [1.54, 1.807) is 30.3 Å². The molecule has 1 aromatic rings. The lowest BCUT2D eigenvalue weighted by atomic mass is 10.4. The zero-order chi connectivity index (χ0) is 10.9. The standard InChI is InChI=1S/C9H9NO3S2/c10-9-13-6-8(14-9)15(11,12)7-4-2-1-3-5-7/h1-5,8,10H,6H2. The van der Waals surface area contributed by atoms with Crippen molar-refractivity contribution in [1.29, 1.82) is 5.41 Å². The van der Waals surface area contributed by atoms with E-state index in [2.05, 4.69) is 0 Å². The quantitative estimate of drug-likeness (QED) is 0.854. The van der Waals surface area contributed by atoms with Crippen molar-refractivity contribution < 1.29 is 13.2 Å². The van der Waals surface area contributed by atoms with Gasteiger partial charge in [-0.1, -0.05) is 18.2 Å². The van der Waals surface area contributed by atoms with Gasteiger partial charge in [-0.3, -0.25) is 5.41 Å². The summed E-state index contributed by atoms with van der Waals surface area (Å²) in [5.74, 6) is 0. The predicted molar refractivity (Wildman–Crippen MR) is 58.7 cm³/mol. The summed E-state index contributed by atoms with van der Waals surface area (Å²) in [5, 5.41) is 7.17. The van der Waals surface area contributed by atoms with Gasteiger partial charge in [-0.15, -0.1) is 0 Å². The Labute approximate surface area is 92.1 Å². The molecule has 1 aromatic carbocycles. The molecular formula is C9H9NO3S2. The topological polar surface area (TPSA) is 67.2 Å². The largest absolute Gasteiger partial charge is 0.471 e. The number of hydrogen-bond donors (Lipinski definition) is 1. The Hall–Kier alpha value is -1.01. The van der Waals surface area contributed by atoms with Gasteiger partial charge in [-0.05, 0) is 23.9 Å². The molecule has 1 aliphatic heterocycles. The third-order valence-corrected chi connectivity index (χ3v) is 5.54. The summed E-state index contributed by atoms with van der Waals surface area (Å²) in [7, 11) is -3.37. The van der Waals surface area contributed by atoms with Crippen molar-refractivity contribution in [1.82, 2.24) is 0 Å². The van der Waals surface area contributed by atoms with Gasteiger partial charge in [-0.2, -0.15) is 0 Å². The maximum absolute atomic E-state index is 12.0. The van der Waals surface area contributed by atoms with Crippen LogP contribution in [0.2, 0.25) is 0 Å². The number of hydrogen-bond acceptors (Lipinski definition) is 5. The van der Waals surface area contributed by atoms with Gasteiger partial charge in [0.2, 0.25) is 5.23 Å². The summed E-state index contributed by atoms with van der Waals surface area (Å²) in [5.41, 5.74) is 0. The van der Waals surface area contributed by atoms with E-state index in [4.69, 9.17) is 10.1 Å². The van der Waals surface area contributed by atoms with Crippen molar-refractivity contribution in [3.63, 3.8) is 0 Å². The van der Waals surface area contributed by atoms with Crippen molar-refractivity contribution >= 4 is 26.8 Å². The van der Waals surface area contributed by atoms with E-state index in [1.807, 2.05) is 0 Å². The number of ether oxygens (including phenoxy) is 1. The van der Waals surface area contributed by atoms with Gasteiger partial charge in [0, 0.05) is 0 Å². The van der Waals surface area contributed by atoms with E-state index >= 15 is 0 Å². The first-order chi connectivity index (χ1) is 7.10. The third-order valence-electron chi connectivity index (χ3n) is 2.01.